The first kappa shape index (κ1) is 11.3. The van der Waals surface area contributed by atoms with Crippen LogP contribution >= 0.6 is 0 Å². The van der Waals surface area contributed by atoms with Crippen LogP contribution in [0.2, 0.25) is 0 Å². The van der Waals surface area contributed by atoms with Gasteiger partial charge in [0.25, 0.3) is 0 Å². The van der Waals surface area contributed by atoms with Crippen LogP contribution in [-0.2, 0) is 4.74 Å². The van der Waals surface area contributed by atoms with Crippen molar-refractivity contribution in [3.8, 4) is 0 Å². The van der Waals surface area contributed by atoms with Crippen LogP contribution in [0.3, 0.4) is 0 Å². The normalized spacial score (nSPS) is 58.2. The Labute approximate surface area is 88.3 Å². The first-order valence-electron chi connectivity index (χ1n) is 5.16. The number of aliphatic hydroxyl groups excluding tert-OH is 3. The minimum Gasteiger partial charge on any atom is -0.389 e. The zero-order valence-corrected chi connectivity index (χ0v) is 9.08. The van der Waals surface area contributed by atoms with Gasteiger partial charge in [-0.3, -0.25) is 0 Å². The summed E-state index contributed by atoms with van der Waals surface area (Å²) in [5.74, 6) is 0. The van der Waals surface area contributed by atoms with Gasteiger partial charge in [0.05, 0.1) is 12.2 Å². The third kappa shape index (κ3) is 1.15. The highest BCUT2D eigenvalue weighted by molar-refractivity contribution is 5.26. The predicted octanol–water partition coefficient (Wildman–Crippen LogP) is -1.37. The SMILES string of the molecule is CC1OC(C2(O)C(O)C2(C)C)C(O)C1O. The van der Waals surface area contributed by atoms with Gasteiger partial charge < -0.3 is 25.2 Å². The molecule has 15 heavy (non-hydrogen) atoms. The van der Waals surface area contributed by atoms with Crippen LogP contribution < -0.4 is 0 Å². The molecule has 6 unspecified atom stereocenters. The van der Waals surface area contributed by atoms with Crippen LogP contribution in [0.25, 0.3) is 0 Å². The van der Waals surface area contributed by atoms with Crippen LogP contribution in [0.15, 0.2) is 0 Å². The molecule has 2 aliphatic rings. The fourth-order valence-electron chi connectivity index (χ4n) is 2.48. The molecule has 5 nitrogen and oxygen atoms in total. The first-order valence-corrected chi connectivity index (χ1v) is 5.16. The second kappa shape index (κ2) is 2.93. The lowest BCUT2D eigenvalue weighted by Gasteiger charge is -2.23. The third-order valence-electron chi connectivity index (χ3n) is 3.99. The molecule has 1 saturated carbocycles. The molecule has 0 aromatic rings. The van der Waals surface area contributed by atoms with Crippen molar-refractivity contribution in [1.29, 1.82) is 0 Å². The molecule has 0 bridgehead atoms. The molecule has 1 heterocycles. The zero-order chi connectivity index (χ0) is 11.6. The lowest BCUT2D eigenvalue weighted by molar-refractivity contribution is -0.101. The summed E-state index contributed by atoms with van der Waals surface area (Å²) in [6.07, 6.45) is -4.55. The standard InChI is InChI=1S/C10H18O5/c1-4-5(11)6(12)7(15-4)10(14)8(13)9(10,2)3/h4-8,11-14H,1-3H3. The second-order valence-corrected chi connectivity index (χ2v) is 5.19. The zero-order valence-electron chi connectivity index (χ0n) is 9.08. The van der Waals surface area contributed by atoms with E-state index < -0.39 is 41.5 Å². The van der Waals surface area contributed by atoms with Crippen molar-refractivity contribution in [1.82, 2.24) is 0 Å². The van der Waals surface area contributed by atoms with Crippen molar-refractivity contribution in [3.63, 3.8) is 0 Å². The van der Waals surface area contributed by atoms with Gasteiger partial charge in [-0.15, -0.1) is 0 Å². The van der Waals surface area contributed by atoms with E-state index in [2.05, 4.69) is 0 Å². The Bertz CT molecular complexity index is 279. The van der Waals surface area contributed by atoms with E-state index in [1.54, 1.807) is 20.8 Å². The molecule has 1 aliphatic carbocycles. The van der Waals surface area contributed by atoms with Crippen molar-refractivity contribution < 1.29 is 25.2 Å². The van der Waals surface area contributed by atoms with E-state index in [1.807, 2.05) is 0 Å². The van der Waals surface area contributed by atoms with E-state index in [4.69, 9.17) is 4.74 Å². The lowest BCUT2D eigenvalue weighted by Crippen LogP contribution is -2.44. The lowest BCUT2D eigenvalue weighted by atomic mass is 9.96. The predicted molar refractivity (Wildman–Crippen MR) is 51.1 cm³/mol. The summed E-state index contributed by atoms with van der Waals surface area (Å²) in [5, 5.41) is 39.0. The number of hydrogen-bond acceptors (Lipinski definition) is 5. The van der Waals surface area contributed by atoms with Crippen molar-refractivity contribution in [3.05, 3.63) is 0 Å². The number of ether oxygens (including phenoxy) is 1. The van der Waals surface area contributed by atoms with Gasteiger partial charge in [0.15, 0.2) is 0 Å². The van der Waals surface area contributed by atoms with Gasteiger partial charge in [0, 0.05) is 5.41 Å². The van der Waals surface area contributed by atoms with Gasteiger partial charge in [-0.05, 0) is 6.92 Å². The fraction of sp³-hybridized carbons (Fsp3) is 1.00. The molecule has 2 rings (SSSR count). The summed E-state index contributed by atoms with van der Waals surface area (Å²) in [5.41, 5.74) is -2.17. The Kier molecular flexibility index (Phi) is 2.20. The maximum absolute atomic E-state index is 10.2. The summed E-state index contributed by atoms with van der Waals surface area (Å²) in [6.45, 7) is 5.02. The number of hydrogen-bond donors (Lipinski definition) is 4. The molecule has 0 aromatic heterocycles. The van der Waals surface area contributed by atoms with Crippen molar-refractivity contribution in [2.45, 2.75) is 56.9 Å². The highest BCUT2D eigenvalue weighted by atomic mass is 16.6. The maximum Gasteiger partial charge on any atom is 0.127 e. The number of rotatable bonds is 1. The van der Waals surface area contributed by atoms with E-state index in [0.29, 0.717) is 0 Å². The molecule has 1 aliphatic heterocycles. The summed E-state index contributed by atoms with van der Waals surface area (Å²) >= 11 is 0. The molecule has 0 spiro atoms. The Hall–Kier alpha value is -0.200. The number of aliphatic hydroxyl groups is 4. The highest BCUT2D eigenvalue weighted by Crippen LogP contribution is 2.60. The fourth-order valence-corrected chi connectivity index (χ4v) is 2.48. The molecule has 0 aromatic carbocycles. The van der Waals surface area contributed by atoms with E-state index in [1.165, 1.54) is 0 Å². The third-order valence-corrected chi connectivity index (χ3v) is 3.99. The second-order valence-electron chi connectivity index (χ2n) is 5.19. The molecule has 0 amide bonds. The Morgan fingerprint density at radius 3 is 1.80 bits per heavy atom. The van der Waals surface area contributed by atoms with Gasteiger partial charge in [0.2, 0.25) is 0 Å². The highest BCUT2D eigenvalue weighted by Gasteiger charge is 2.77. The van der Waals surface area contributed by atoms with Crippen LogP contribution in [0.4, 0.5) is 0 Å². The first-order chi connectivity index (χ1) is 6.74. The van der Waals surface area contributed by atoms with Crippen molar-refractivity contribution in [2.24, 2.45) is 5.41 Å². The van der Waals surface area contributed by atoms with Gasteiger partial charge in [-0.2, -0.15) is 0 Å². The molecule has 1 saturated heterocycles. The smallest absolute Gasteiger partial charge is 0.127 e. The van der Waals surface area contributed by atoms with Gasteiger partial charge in [0.1, 0.15) is 23.9 Å². The summed E-state index contributed by atoms with van der Waals surface area (Å²) in [7, 11) is 0. The van der Waals surface area contributed by atoms with Crippen LogP contribution in [0, 0.1) is 5.41 Å². The molecule has 5 heteroatoms. The van der Waals surface area contributed by atoms with Gasteiger partial charge in [-0.25, -0.2) is 0 Å². The van der Waals surface area contributed by atoms with Crippen LogP contribution in [0.5, 0.6) is 0 Å². The molecule has 0 radical (unpaired) electrons. The van der Waals surface area contributed by atoms with Crippen molar-refractivity contribution >= 4 is 0 Å². The van der Waals surface area contributed by atoms with Gasteiger partial charge >= 0.3 is 0 Å². The topological polar surface area (TPSA) is 90.2 Å². The minimum absolute atomic E-state index is 0.530. The maximum atomic E-state index is 10.2. The summed E-state index contributed by atoms with van der Waals surface area (Å²) in [6, 6.07) is 0. The monoisotopic (exact) mass is 218 g/mol. The average Bonchev–Trinajstić information content (AvgIpc) is 2.41. The van der Waals surface area contributed by atoms with Crippen LogP contribution in [-0.4, -0.2) is 56.5 Å². The van der Waals surface area contributed by atoms with Gasteiger partial charge in [-0.1, -0.05) is 13.8 Å². The largest absolute Gasteiger partial charge is 0.389 e. The Morgan fingerprint density at radius 1 is 1.07 bits per heavy atom. The Balaban J connectivity index is 2.21. The molecule has 2 fully saturated rings. The van der Waals surface area contributed by atoms with E-state index in [9.17, 15) is 20.4 Å². The minimum atomic E-state index is -1.46. The molecule has 4 N–H and O–H groups in total. The average molecular weight is 218 g/mol. The molecular formula is C10H18O5. The van der Waals surface area contributed by atoms with Crippen LogP contribution in [0.1, 0.15) is 20.8 Å². The van der Waals surface area contributed by atoms with E-state index in [-0.39, 0.29) is 0 Å². The quantitative estimate of drug-likeness (QED) is 0.436. The molecule has 6 atom stereocenters. The summed E-state index contributed by atoms with van der Waals surface area (Å²) in [4.78, 5) is 0. The van der Waals surface area contributed by atoms with E-state index >= 15 is 0 Å². The molecular weight excluding hydrogens is 200 g/mol. The van der Waals surface area contributed by atoms with E-state index in [0.717, 1.165) is 0 Å². The molecule has 88 valence electrons. The Morgan fingerprint density at radius 2 is 1.53 bits per heavy atom. The van der Waals surface area contributed by atoms with Crippen molar-refractivity contribution in [2.75, 3.05) is 0 Å². The summed E-state index contributed by atoms with van der Waals surface area (Å²) < 4.78 is 5.31.